The minimum atomic E-state index is 1.43. The smallest absolute Gasteiger partial charge is 0.00424 e. The van der Waals surface area contributed by atoms with Gasteiger partial charge >= 0.3 is 0 Å². The van der Waals surface area contributed by atoms with Gasteiger partial charge in [-0.25, -0.2) is 0 Å². The van der Waals surface area contributed by atoms with E-state index >= 15 is 0 Å². The van der Waals surface area contributed by atoms with Gasteiger partial charge in [-0.15, -0.1) is 0 Å². The molecule has 2 heteroatoms. The van der Waals surface area contributed by atoms with E-state index in [2.05, 4.69) is 0 Å². The molecule has 0 aliphatic rings. The van der Waals surface area contributed by atoms with Crippen molar-refractivity contribution in [3.63, 3.8) is 0 Å². The van der Waals surface area contributed by atoms with Crippen LogP contribution in [0.25, 0.3) is 0 Å². The van der Waals surface area contributed by atoms with Crippen LogP contribution in [0.4, 0.5) is 0 Å². The second-order valence-electron chi connectivity index (χ2n) is 1.02. The van der Waals surface area contributed by atoms with Crippen LogP contribution in [0.1, 0.15) is 0 Å². The fourth-order valence-corrected chi connectivity index (χ4v) is 0.380. The van der Waals surface area contributed by atoms with Crippen LogP contribution in [0.5, 0.6) is 0 Å². The predicted octanol–water partition coefficient (Wildman–Crippen LogP) is 3.05. The third-order valence-electron chi connectivity index (χ3n) is 0.479. The van der Waals surface area contributed by atoms with Crippen molar-refractivity contribution < 1.29 is 0 Å². The van der Waals surface area contributed by atoms with Crippen LogP contribution in [0.15, 0.2) is 35.4 Å². The van der Waals surface area contributed by atoms with E-state index in [0.29, 0.717) is 0 Å². The Morgan fingerprint density at radius 1 is 0.625 bits per heavy atom. The lowest BCUT2D eigenvalue weighted by Crippen LogP contribution is -1.43. The molecular formula is C6H6Cl2. The minimum absolute atomic E-state index is 1.43. The summed E-state index contributed by atoms with van der Waals surface area (Å²) >= 11 is 10.4. The van der Waals surface area contributed by atoms with Gasteiger partial charge < -0.3 is 0 Å². The maximum absolute atomic E-state index is 5.19. The molecule has 0 bridgehead atoms. The van der Waals surface area contributed by atoms with E-state index in [1.165, 1.54) is 11.1 Å². The summed E-state index contributed by atoms with van der Waals surface area (Å²) in [5.74, 6) is 0. The average Bonchev–Trinajstić information content (AvgIpc) is 1.81. The molecule has 0 aliphatic heterocycles. The Hall–Kier alpha value is -0.200. The van der Waals surface area contributed by atoms with Gasteiger partial charge in [0.05, 0.1) is 0 Å². The molecule has 0 nitrogen and oxygen atoms in total. The third-order valence-corrected chi connectivity index (χ3v) is 0.770. The molecule has 8 heavy (non-hydrogen) atoms. The summed E-state index contributed by atoms with van der Waals surface area (Å²) in [5.41, 5.74) is 2.86. The maximum Gasteiger partial charge on any atom is 0.00424 e. The minimum Gasteiger partial charge on any atom is -0.0930 e. The quantitative estimate of drug-likeness (QED) is 0.529. The molecule has 0 aromatic rings. The molecule has 0 aliphatic carbocycles. The number of rotatable bonds is 2. The highest BCUT2D eigenvalue weighted by molar-refractivity contribution is 6.25. The fourth-order valence-electron chi connectivity index (χ4n) is 0.212. The van der Waals surface area contributed by atoms with Gasteiger partial charge in [0.2, 0.25) is 0 Å². The van der Waals surface area contributed by atoms with Gasteiger partial charge in [0.25, 0.3) is 0 Å². The van der Waals surface area contributed by atoms with Crippen molar-refractivity contribution in [2.45, 2.75) is 0 Å². The van der Waals surface area contributed by atoms with Crippen molar-refractivity contribution in [2.24, 2.45) is 0 Å². The number of hydrogen-bond acceptors (Lipinski definition) is 0. The van der Waals surface area contributed by atoms with Gasteiger partial charge in [0.15, 0.2) is 0 Å². The molecule has 0 saturated heterocycles. The average molecular weight is 149 g/mol. The number of allylic oxidation sites excluding steroid dienone is 4. The second kappa shape index (κ2) is 6.80. The van der Waals surface area contributed by atoms with Gasteiger partial charge in [-0.3, -0.25) is 0 Å². The maximum atomic E-state index is 5.19. The highest BCUT2D eigenvalue weighted by Gasteiger charge is 1.57. The SMILES string of the molecule is ClC=CC=CC=CCl. The van der Waals surface area contributed by atoms with Gasteiger partial charge in [0, 0.05) is 11.1 Å². The molecule has 0 fully saturated rings. The van der Waals surface area contributed by atoms with Gasteiger partial charge in [0.1, 0.15) is 0 Å². The molecule has 0 aromatic heterocycles. The Morgan fingerprint density at radius 3 is 1.25 bits per heavy atom. The van der Waals surface area contributed by atoms with E-state index in [-0.39, 0.29) is 0 Å². The van der Waals surface area contributed by atoms with E-state index < -0.39 is 0 Å². The summed E-state index contributed by atoms with van der Waals surface area (Å²) in [5, 5.41) is 0. The molecule has 0 amide bonds. The zero-order valence-corrected chi connectivity index (χ0v) is 5.73. The second-order valence-corrected chi connectivity index (χ2v) is 1.53. The Morgan fingerprint density at radius 2 is 1.00 bits per heavy atom. The van der Waals surface area contributed by atoms with E-state index in [0.717, 1.165) is 0 Å². The molecule has 0 saturated carbocycles. The molecule has 0 unspecified atom stereocenters. The first-order valence-corrected chi connectivity index (χ1v) is 2.98. The largest absolute Gasteiger partial charge is 0.0930 e. The third kappa shape index (κ3) is 5.80. The van der Waals surface area contributed by atoms with Crippen LogP contribution < -0.4 is 0 Å². The molecule has 0 spiro atoms. The summed E-state index contributed by atoms with van der Waals surface area (Å²) in [6.07, 6.45) is 6.98. The van der Waals surface area contributed by atoms with Crippen LogP contribution >= 0.6 is 23.2 Å². The number of halogens is 2. The van der Waals surface area contributed by atoms with Crippen LogP contribution in [0.3, 0.4) is 0 Å². The Balaban J connectivity index is 3.35. The predicted molar refractivity (Wildman–Crippen MR) is 39.1 cm³/mol. The highest BCUT2D eigenvalue weighted by atomic mass is 35.5. The molecule has 0 aromatic carbocycles. The topological polar surface area (TPSA) is 0 Å². The van der Waals surface area contributed by atoms with Crippen LogP contribution in [-0.2, 0) is 0 Å². The van der Waals surface area contributed by atoms with Crippen molar-refractivity contribution in [1.29, 1.82) is 0 Å². The normalized spacial score (nSPS) is 12.8. The van der Waals surface area contributed by atoms with Crippen molar-refractivity contribution in [3.8, 4) is 0 Å². The van der Waals surface area contributed by atoms with Crippen molar-refractivity contribution in [1.82, 2.24) is 0 Å². The van der Waals surface area contributed by atoms with Crippen molar-refractivity contribution >= 4 is 23.2 Å². The Labute approximate surface area is 59.1 Å². The zero-order chi connectivity index (χ0) is 6.24. The summed E-state index contributed by atoms with van der Waals surface area (Å²) in [7, 11) is 0. The van der Waals surface area contributed by atoms with E-state index in [9.17, 15) is 0 Å². The highest BCUT2D eigenvalue weighted by Crippen LogP contribution is 1.83. The first kappa shape index (κ1) is 7.80. The van der Waals surface area contributed by atoms with Gasteiger partial charge in [-0.05, 0) is 0 Å². The molecule has 0 radical (unpaired) electrons. The summed E-state index contributed by atoms with van der Waals surface area (Å²) in [4.78, 5) is 0. The molecule has 44 valence electrons. The zero-order valence-electron chi connectivity index (χ0n) is 4.22. The van der Waals surface area contributed by atoms with Crippen molar-refractivity contribution in [2.75, 3.05) is 0 Å². The van der Waals surface area contributed by atoms with E-state index in [1.54, 1.807) is 24.3 Å². The van der Waals surface area contributed by atoms with Crippen LogP contribution in [0.2, 0.25) is 0 Å². The van der Waals surface area contributed by atoms with Crippen LogP contribution in [0, 0.1) is 0 Å². The van der Waals surface area contributed by atoms with Crippen LogP contribution in [-0.4, -0.2) is 0 Å². The fraction of sp³-hybridized carbons (Fsp3) is 0. The summed E-state index contributed by atoms with van der Waals surface area (Å²) in [6.45, 7) is 0. The first-order chi connectivity index (χ1) is 3.91. The Kier molecular flexibility index (Phi) is 6.63. The molecule has 0 N–H and O–H groups in total. The standard InChI is InChI=1S/C6H6Cl2/c7-5-3-1-2-4-6-8/h1-6H. The van der Waals surface area contributed by atoms with Gasteiger partial charge in [-0.2, -0.15) is 0 Å². The van der Waals surface area contributed by atoms with Gasteiger partial charge in [-0.1, -0.05) is 47.5 Å². The first-order valence-electron chi connectivity index (χ1n) is 2.10. The summed E-state index contributed by atoms with van der Waals surface area (Å²) < 4.78 is 0. The number of hydrogen-bond donors (Lipinski definition) is 0. The molecule has 0 heterocycles. The lowest BCUT2D eigenvalue weighted by Gasteiger charge is -1.66. The lowest BCUT2D eigenvalue weighted by atomic mass is 10.5. The molecule has 0 atom stereocenters. The Bertz CT molecular complexity index is 97.7. The lowest BCUT2D eigenvalue weighted by molar-refractivity contribution is 1.96. The molecule has 0 rings (SSSR count). The van der Waals surface area contributed by atoms with E-state index in [1.807, 2.05) is 0 Å². The summed E-state index contributed by atoms with van der Waals surface area (Å²) in [6, 6.07) is 0. The monoisotopic (exact) mass is 148 g/mol. The molecular weight excluding hydrogens is 143 g/mol. The van der Waals surface area contributed by atoms with E-state index in [4.69, 9.17) is 23.2 Å². The van der Waals surface area contributed by atoms with Crippen molar-refractivity contribution in [3.05, 3.63) is 35.4 Å².